The Morgan fingerprint density at radius 2 is 1.47 bits per heavy atom. The molecule has 0 saturated carbocycles. The predicted octanol–water partition coefficient (Wildman–Crippen LogP) is 3.86. The van der Waals surface area contributed by atoms with Crippen molar-refractivity contribution in [2.75, 3.05) is 0 Å². The second-order valence-electron chi connectivity index (χ2n) is 6.32. The van der Waals surface area contributed by atoms with Crippen LogP contribution in [0.1, 0.15) is 34.6 Å². The maximum absolute atomic E-state index is 3.83. The van der Waals surface area contributed by atoms with E-state index in [1.165, 1.54) is 11.1 Å². The molecule has 0 spiro atoms. The minimum absolute atomic E-state index is 0.224. The Balaban J connectivity index is 2.81. The molecule has 1 N–H and O–H groups in total. The van der Waals surface area contributed by atoms with E-state index in [9.17, 15) is 0 Å². The van der Waals surface area contributed by atoms with E-state index in [-0.39, 0.29) is 5.54 Å². The maximum atomic E-state index is 3.83. The molecule has 0 atom stereocenters. The van der Waals surface area contributed by atoms with Gasteiger partial charge in [0.2, 0.25) is 0 Å². The zero-order valence-electron chi connectivity index (χ0n) is 11.2. The van der Waals surface area contributed by atoms with Crippen LogP contribution in [0.15, 0.2) is 23.3 Å². The molecule has 0 aromatic carbocycles. The summed E-state index contributed by atoms with van der Waals surface area (Å²) in [6.07, 6.45) is 4.86. The summed E-state index contributed by atoms with van der Waals surface area (Å²) in [6.45, 7) is 16.0. The molecular weight excluding hydrogens is 198 g/mol. The second kappa shape index (κ2) is 3.91. The van der Waals surface area contributed by atoms with Gasteiger partial charge in [0.05, 0.1) is 0 Å². The highest BCUT2D eigenvalue weighted by Crippen LogP contribution is 2.34. The highest BCUT2D eigenvalue weighted by atomic mass is 28.3. The minimum Gasteiger partial charge on any atom is -0.332 e. The van der Waals surface area contributed by atoms with Crippen LogP contribution in [-0.2, 0) is 0 Å². The monoisotopic (exact) mass is 223 g/mol. The fraction of sp³-hybridized carbons (Fsp3) is 0.692. The maximum Gasteiger partial charge on any atom is 0.130 e. The van der Waals surface area contributed by atoms with Crippen LogP contribution in [0.5, 0.6) is 0 Å². The van der Waals surface area contributed by atoms with Crippen molar-refractivity contribution in [2.45, 2.75) is 58.8 Å². The highest BCUT2D eigenvalue weighted by molar-refractivity contribution is 6.77. The van der Waals surface area contributed by atoms with Crippen LogP contribution in [0.3, 0.4) is 0 Å². The molecule has 1 nitrogen and oxygen atoms in total. The van der Waals surface area contributed by atoms with Crippen molar-refractivity contribution < 1.29 is 0 Å². The predicted molar refractivity (Wildman–Crippen MR) is 71.6 cm³/mol. The molecule has 0 amide bonds. The van der Waals surface area contributed by atoms with Gasteiger partial charge in [0.15, 0.2) is 0 Å². The quantitative estimate of drug-likeness (QED) is 0.701. The smallest absolute Gasteiger partial charge is 0.130 e. The van der Waals surface area contributed by atoms with Crippen molar-refractivity contribution in [3.8, 4) is 0 Å². The van der Waals surface area contributed by atoms with Gasteiger partial charge in [-0.3, -0.25) is 0 Å². The number of hydrogen-bond acceptors (Lipinski definition) is 1. The molecule has 0 fully saturated rings. The van der Waals surface area contributed by atoms with E-state index in [1.54, 1.807) is 0 Å². The van der Waals surface area contributed by atoms with E-state index >= 15 is 0 Å². The first-order valence-electron chi connectivity index (χ1n) is 5.78. The van der Waals surface area contributed by atoms with Crippen molar-refractivity contribution >= 4 is 8.24 Å². The van der Waals surface area contributed by atoms with E-state index in [1.807, 2.05) is 0 Å². The van der Waals surface area contributed by atoms with E-state index in [2.05, 4.69) is 64.8 Å². The third-order valence-electron chi connectivity index (χ3n) is 3.01. The molecule has 0 saturated heterocycles. The molecule has 1 aliphatic carbocycles. The minimum atomic E-state index is -1.39. The first kappa shape index (κ1) is 12.7. The van der Waals surface area contributed by atoms with Gasteiger partial charge in [-0.15, -0.1) is 0 Å². The van der Waals surface area contributed by atoms with Crippen LogP contribution in [-0.4, -0.2) is 13.8 Å². The van der Waals surface area contributed by atoms with Crippen molar-refractivity contribution in [3.63, 3.8) is 0 Å². The van der Waals surface area contributed by atoms with Gasteiger partial charge in [-0.25, -0.2) is 0 Å². The summed E-state index contributed by atoms with van der Waals surface area (Å²) < 4.78 is 0. The number of hydrogen-bond donors (Lipinski definition) is 1. The van der Waals surface area contributed by atoms with E-state index < -0.39 is 8.24 Å². The number of rotatable bonds is 2. The fourth-order valence-electron chi connectivity index (χ4n) is 2.32. The lowest BCUT2D eigenvalue weighted by atomic mass is 10.1. The SMILES string of the molecule is CC1=CC([Si](C)(C)NC(C)(C)C)C=C1C. The van der Waals surface area contributed by atoms with Crippen molar-refractivity contribution in [3.05, 3.63) is 23.3 Å². The molecule has 2 heteroatoms. The molecule has 1 aliphatic rings. The Kier molecular flexibility index (Phi) is 3.32. The van der Waals surface area contributed by atoms with Crippen LogP contribution < -0.4 is 4.98 Å². The Morgan fingerprint density at radius 1 is 1.07 bits per heavy atom. The van der Waals surface area contributed by atoms with Gasteiger partial charge >= 0.3 is 0 Å². The average Bonchev–Trinajstić information content (AvgIpc) is 2.27. The van der Waals surface area contributed by atoms with Gasteiger partial charge in [-0.1, -0.05) is 36.4 Å². The van der Waals surface area contributed by atoms with Crippen molar-refractivity contribution in [1.29, 1.82) is 0 Å². The van der Waals surface area contributed by atoms with Crippen LogP contribution in [0.2, 0.25) is 18.6 Å². The first-order valence-corrected chi connectivity index (χ1v) is 8.86. The summed E-state index contributed by atoms with van der Waals surface area (Å²) in [5.74, 6) is 0. The molecule has 86 valence electrons. The molecule has 0 bridgehead atoms. The van der Waals surface area contributed by atoms with Gasteiger partial charge in [-0.05, 0) is 34.6 Å². The molecule has 15 heavy (non-hydrogen) atoms. The molecule has 0 aliphatic heterocycles. The van der Waals surface area contributed by atoms with Gasteiger partial charge in [0, 0.05) is 11.1 Å². The van der Waals surface area contributed by atoms with Gasteiger partial charge in [0.25, 0.3) is 0 Å². The standard InChI is InChI=1S/C13H25NSi/c1-10-8-12(9-11(10)2)15(6,7)14-13(3,4)5/h8-9,12,14H,1-7H3. The number of nitrogens with one attached hydrogen (secondary N) is 1. The Bertz CT molecular complexity index is 287. The Labute approximate surface area is 95.7 Å². The van der Waals surface area contributed by atoms with E-state index in [0.29, 0.717) is 5.54 Å². The van der Waals surface area contributed by atoms with Crippen LogP contribution in [0.4, 0.5) is 0 Å². The number of allylic oxidation sites excluding steroid dienone is 4. The summed E-state index contributed by atoms with van der Waals surface area (Å²) in [6, 6.07) is 0. The lowest BCUT2D eigenvalue weighted by Crippen LogP contribution is -2.56. The highest BCUT2D eigenvalue weighted by Gasteiger charge is 2.34. The van der Waals surface area contributed by atoms with Gasteiger partial charge < -0.3 is 4.98 Å². The topological polar surface area (TPSA) is 12.0 Å². The van der Waals surface area contributed by atoms with Gasteiger partial charge in [0.1, 0.15) is 8.24 Å². The summed E-state index contributed by atoms with van der Waals surface area (Å²) in [5.41, 5.74) is 3.78. The third-order valence-corrected chi connectivity index (χ3v) is 6.41. The summed E-state index contributed by atoms with van der Waals surface area (Å²) in [7, 11) is -1.39. The summed E-state index contributed by atoms with van der Waals surface area (Å²) >= 11 is 0. The zero-order valence-corrected chi connectivity index (χ0v) is 12.2. The molecule has 1 rings (SSSR count). The van der Waals surface area contributed by atoms with Crippen LogP contribution in [0.25, 0.3) is 0 Å². The molecule has 0 aromatic rings. The molecular formula is C13H25NSi. The normalized spacial score (nSPS) is 19.1. The third kappa shape index (κ3) is 3.32. The van der Waals surface area contributed by atoms with Gasteiger partial charge in [-0.2, -0.15) is 0 Å². The lowest BCUT2D eigenvalue weighted by Gasteiger charge is -2.36. The second-order valence-corrected chi connectivity index (χ2v) is 10.7. The average molecular weight is 223 g/mol. The summed E-state index contributed by atoms with van der Waals surface area (Å²) in [4.78, 5) is 3.83. The largest absolute Gasteiger partial charge is 0.332 e. The molecule has 0 aromatic heterocycles. The van der Waals surface area contributed by atoms with E-state index in [4.69, 9.17) is 0 Å². The van der Waals surface area contributed by atoms with E-state index in [0.717, 1.165) is 0 Å². The zero-order chi connectivity index (χ0) is 11.9. The molecule has 0 unspecified atom stereocenters. The Hall–Kier alpha value is -0.343. The van der Waals surface area contributed by atoms with Crippen LogP contribution >= 0.6 is 0 Å². The van der Waals surface area contributed by atoms with Crippen LogP contribution in [0, 0.1) is 0 Å². The van der Waals surface area contributed by atoms with Crippen molar-refractivity contribution in [2.24, 2.45) is 0 Å². The Morgan fingerprint density at radius 3 is 1.80 bits per heavy atom. The first-order chi connectivity index (χ1) is 6.62. The molecule has 0 radical (unpaired) electrons. The fourth-order valence-corrected chi connectivity index (χ4v) is 5.75. The summed E-state index contributed by atoms with van der Waals surface area (Å²) in [5, 5.41) is 0. The lowest BCUT2D eigenvalue weighted by molar-refractivity contribution is 0.510. The van der Waals surface area contributed by atoms with Crippen molar-refractivity contribution in [1.82, 2.24) is 4.98 Å². The molecule has 0 heterocycles.